The normalized spacial score (nSPS) is 9.91. The van der Waals surface area contributed by atoms with E-state index in [4.69, 9.17) is 13.9 Å². The summed E-state index contributed by atoms with van der Waals surface area (Å²) in [5.74, 6) is 0.401. The van der Waals surface area contributed by atoms with Crippen molar-refractivity contribution >= 4 is 6.09 Å². The van der Waals surface area contributed by atoms with Crippen LogP contribution in [-0.2, 0) is 17.9 Å². The van der Waals surface area contributed by atoms with Crippen LogP contribution in [0.25, 0.3) is 0 Å². The van der Waals surface area contributed by atoms with Crippen molar-refractivity contribution in [2.75, 3.05) is 6.61 Å². The van der Waals surface area contributed by atoms with E-state index in [1.807, 2.05) is 30.3 Å². The molecule has 0 spiro atoms. The maximum absolute atomic E-state index is 11.7. The van der Waals surface area contributed by atoms with Crippen LogP contribution in [0.1, 0.15) is 11.3 Å². The zero-order chi connectivity index (χ0) is 16.5. The molecule has 0 fully saturated rings. The molecule has 120 valence electrons. The Labute approximate surface area is 133 Å². The van der Waals surface area contributed by atoms with Crippen LogP contribution in [0.15, 0.2) is 64.5 Å². The molecule has 0 aliphatic heterocycles. The summed E-state index contributed by atoms with van der Waals surface area (Å²) < 4.78 is 15.4. The fraction of sp³-hybridized carbons (Fsp3) is 0.176. The van der Waals surface area contributed by atoms with Crippen LogP contribution in [-0.4, -0.2) is 12.7 Å². The third kappa shape index (κ3) is 5.35. The number of alkyl carbamates (subject to hydrolysis) is 1. The Balaban J connectivity index is 1.81. The van der Waals surface area contributed by atoms with Gasteiger partial charge in [0, 0.05) is 6.07 Å². The number of benzene rings is 1. The number of nitrogens with one attached hydrogen (secondary N) is 1. The van der Waals surface area contributed by atoms with Gasteiger partial charge < -0.3 is 19.2 Å². The van der Waals surface area contributed by atoms with E-state index in [9.17, 15) is 9.59 Å². The first-order valence-electron chi connectivity index (χ1n) is 6.99. The van der Waals surface area contributed by atoms with Crippen molar-refractivity contribution in [1.29, 1.82) is 0 Å². The van der Waals surface area contributed by atoms with Gasteiger partial charge in [0.05, 0.1) is 6.54 Å². The number of rotatable bonds is 7. The number of amides is 1. The molecule has 0 bridgehead atoms. The van der Waals surface area contributed by atoms with Crippen molar-refractivity contribution in [1.82, 2.24) is 5.32 Å². The molecule has 0 aliphatic rings. The monoisotopic (exact) mass is 315 g/mol. The lowest BCUT2D eigenvalue weighted by molar-refractivity contribution is 0.138. The molecular formula is C17H17NO5. The summed E-state index contributed by atoms with van der Waals surface area (Å²) in [6.45, 7) is 3.93. The molecule has 0 atom stereocenters. The summed E-state index contributed by atoms with van der Waals surface area (Å²) in [6, 6.07) is 10.6. The van der Waals surface area contributed by atoms with E-state index < -0.39 is 6.09 Å². The van der Waals surface area contributed by atoms with E-state index in [1.165, 1.54) is 18.4 Å². The lowest BCUT2D eigenvalue weighted by Gasteiger charge is -2.07. The van der Waals surface area contributed by atoms with Crippen LogP contribution in [0, 0.1) is 0 Å². The molecule has 2 rings (SSSR count). The number of carbonyl (C=O) groups is 1. The highest BCUT2D eigenvalue weighted by atomic mass is 16.5. The Morgan fingerprint density at radius 3 is 2.78 bits per heavy atom. The Morgan fingerprint density at radius 2 is 2.09 bits per heavy atom. The predicted molar refractivity (Wildman–Crippen MR) is 84.1 cm³/mol. The van der Waals surface area contributed by atoms with Crippen molar-refractivity contribution in [2.45, 2.75) is 13.2 Å². The summed E-state index contributed by atoms with van der Waals surface area (Å²) in [5.41, 5.74) is 0.561. The molecule has 0 aliphatic carbocycles. The molecule has 6 heteroatoms. The highest BCUT2D eigenvalue weighted by Gasteiger charge is 2.07. The van der Waals surface area contributed by atoms with E-state index in [2.05, 4.69) is 11.9 Å². The molecule has 0 radical (unpaired) electrons. The first-order chi connectivity index (χ1) is 11.2. The van der Waals surface area contributed by atoms with E-state index in [0.717, 1.165) is 5.56 Å². The van der Waals surface area contributed by atoms with Gasteiger partial charge in [0.1, 0.15) is 25.2 Å². The fourth-order valence-electron chi connectivity index (χ4n) is 1.72. The molecule has 1 amide bonds. The molecule has 23 heavy (non-hydrogen) atoms. The third-order valence-electron chi connectivity index (χ3n) is 2.83. The topological polar surface area (TPSA) is 77.8 Å². The number of carbonyl (C=O) groups excluding carboxylic acids is 1. The first-order valence-corrected chi connectivity index (χ1v) is 6.99. The predicted octanol–water partition coefficient (Wildman–Crippen LogP) is 2.63. The summed E-state index contributed by atoms with van der Waals surface area (Å²) in [4.78, 5) is 23.3. The molecule has 1 aromatic carbocycles. The highest BCUT2D eigenvalue weighted by molar-refractivity contribution is 5.67. The highest BCUT2D eigenvalue weighted by Crippen LogP contribution is 2.06. The van der Waals surface area contributed by atoms with Crippen LogP contribution in [0.5, 0.6) is 5.75 Å². The molecule has 1 heterocycles. The Morgan fingerprint density at radius 1 is 1.30 bits per heavy atom. The van der Waals surface area contributed by atoms with Crippen molar-refractivity contribution in [3.05, 3.63) is 76.9 Å². The van der Waals surface area contributed by atoms with E-state index in [-0.39, 0.29) is 30.9 Å². The lowest BCUT2D eigenvalue weighted by Crippen LogP contribution is -2.24. The van der Waals surface area contributed by atoms with Crippen LogP contribution in [0.2, 0.25) is 0 Å². The molecule has 2 aromatic rings. The van der Waals surface area contributed by atoms with E-state index >= 15 is 0 Å². The number of hydrogen-bond acceptors (Lipinski definition) is 5. The molecule has 0 saturated carbocycles. The molecule has 6 nitrogen and oxygen atoms in total. The second-order valence-electron chi connectivity index (χ2n) is 4.59. The minimum Gasteiger partial charge on any atom is -0.482 e. The zero-order valence-corrected chi connectivity index (χ0v) is 12.5. The zero-order valence-electron chi connectivity index (χ0n) is 12.5. The smallest absolute Gasteiger partial charge is 0.407 e. The van der Waals surface area contributed by atoms with Gasteiger partial charge in [0.15, 0.2) is 0 Å². The van der Waals surface area contributed by atoms with E-state index in [0.29, 0.717) is 5.76 Å². The number of hydrogen-bond donors (Lipinski definition) is 1. The van der Waals surface area contributed by atoms with Gasteiger partial charge in [-0.3, -0.25) is 4.79 Å². The molecule has 1 N–H and O–H groups in total. The van der Waals surface area contributed by atoms with Crippen LogP contribution in [0.4, 0.5) is 4.79 Å². The van der Waals surface area contributed by atoms with Gasteiger partial charge in [-0.1, -0.05) is 43.0 Å². The Hall–Kier alpha value is -3.02. The molecule has 0 saturated heterocycles. The van der Waals surface area contributed by atoms with Gasteiger partial charge in [0.25, 0.3) is 0 Å². The summed E-state index contributed by atoms with van der Waals surface area (Å²) in [6.07, 6.45) is 2.14. The largest absolute Gasteiger partial charge is 0.482 e. The molecule has 1 aromatic heterocycles. The van der Waals surface area contributed by atoms with Crippen LogP contribution in [0.3, 0.4) is 0 Å². The average Bonchev–Trinajstić information content (AvgIpc) is 2.58. The van der Waals surface area contributed by atoms with Gasteiger partial charge >= 0.3 is 6.09 Å². The lowest BCUT2D eigenvalue weighted by atomic mass is 10.2. The van der Waals surface area contributed by atoms with Gasteiger partial charge in [-0.05, 0) is 5.56 Å². The maximum atomic E-state index is 11.7. The third-order valence-corrected chi connectivity index (χ3v) is 2.83. The van der Waals surface area contributed by atoms with Gasteiger partial charge in [-0.15, -0.1) is 0 Å². The molecule has 0 unspecified atom stereocenters. The van der Waals surface area contributed by atoms with Crippen LogP contribution >= 0.6 is 0 Å². The Bertz CT molecular complexity index is 708. The second kappa shape index (κ2) is 8.43. The van der Waals surface area contributed by atoms with Gasteiger partial charge in [-0.25, -0.2) is 4.79 Å². The van der Waals surface area contributed by atoms with Crippen molar-refractivity contribution in [3.63, 3.8) is 0 Å². The van der Waals surface area contributed by atoms with Gasteiger partial charge in [-0.2, -0.15) is 0 Å². The van der Waals surface area contributed by atoms with Crippen LogP contribution < -0.4 is 15.5 Å². The quantitative estimate of drug-likeness (QED) is 0.795. The molecular weight excluding hydrogens is 298 g/mol. The summed E-state index contributed by atoms with van der Waals surface area (Å²) >= 11 is 0. The van der Waals surface area contributed by atoms with Crippen molar-refractivity contribution < 1.29 is 18.7 Å². The Kier molecular flexibility index (Phi) is 5.99. The second-order valence-corrected chi connectivity index (χ2v) is 4.59. The fourth-order valence-corrected chi connectivity index (χ4v) is 1.72. The number of ether oxygens (including phenoxy) is 2. The first kappa shape index (κ1) is 16.4. The summed E-state index contributed by atoms with van der Waals surface area (Å²) in [5, 5.41) is 2.51. The van der Waals surface area contributed by atoms with Crippen molar-refractivity contribution in [3.8, 4) is 5.75 Å². The minimum absolute atomic E-state index is 0.0462. The van der Waals surface area contributed by atoms with E-state index in [1.54, 1.807) is 0 Å². The summed E-state index contributed by atoms with van der Waals surface area (Å²) in [7, 11) is 0. The van der Waals surface area contributed by atoms with Gasteiger partial charge in [0.2, 0.25) is 11.2 Å². The maximum Gasteiger partial charge on any atom is 0.407 e. The average molecular weight is 315 g/mol. The van der Waals surface area contributed by atoms with Crippen molar-refractivity contribution in [2.24, 2.45) is 0 Å². The minimum atomic E-state index is -0.594. The standard InChI is InChI=1S/C17H17NO5/c1-2-8-21-16-12-22-14(9-15(16)19)10-18-17(20)23-11-13-6-4-3-5-7-13/h2-7,9,12H,1,8,10-11H2,(H,18,20). The SMILES string of the molecule is C=CCOc1coc(CNC(=O)OCc2ccccc2)cc1=O.